The van der Waals surface area contributed by atoms with Crippen LogP contribution in [0, 0.1) is 0 Å². The van der Waals surface area contributed by atoms with Gasteiger partial charge in [-0.3, -0.25) is 0 Å². The number of nitrogens with one attached hydrogen (secondary N) is 1. The van der Waals surface area contributed by atoms with Gasteiger partial charge in [-0.1, -0.05) is 0 Å². The van der Waals surface area contributed by atoms with E-state index < -0.39 is 5.97 Å². The van der Waals surface area contributed by atoms with Crippen molar-refractivity contribution in [3.63, 3.8) is 0 Å². The van der Waals surface area contributed by atoms with Gasteiger partial charge in [0.25, 0.3) is 0 Å². The number of H-pyrrole nitrogens is 1. The highest BCUT2D eigenvalue weighted by molar-refractivity contribution is 9.10. The second-order valence-electron chi connectivity index (χ2n) is 6.67. The summed E-state index contributed by atoms with van der Waals surface area (Å²) >= 11 is 3.65. The van der Waals surface area contributed by atoms with Crippen LogP contribution in [0.4, 0.5) is 11.4 Å². The highest BCUT2D eigenvalue weighted by atomic mass is 79.9. The van der Waals surface area contributed by atoms with Crippen molar-refractivity contribution in [1.82, 2.24) is 9.97 Å². The van der Waals surface area contributed by atoms with E-state index in [2.05, 4.69) is 30.8 Å². The predicted molar refractivity (Wildman–Crippen MR) is 105 cm³/mol. The van der Waals surface area contributed by atoms with Crippen LogP contribution in [0.3, 0.4) is 0 Å². The van der Waals surface area contributed by atoms with E-state index in [1.807, 2.05) is 17.3 Å². The summed E-state index contributed by atoms with van der Waals surface area (Å²) < 4.78 is 0.912. The number of carboxylic acids is 1. The average molecular weight is 418 g/mol. The normalized spacial score (nSPS) is 20.5. The molecule has 2 aliphatic heterocycles. The number of aromatic nitrogens is 2. The molecule has 0 unspecified atom stereocenters. The maximum atomic E-state index is 11.4. The lowest BCUT2D eigenvalue weighted by molar-refractivity contribution is -0.132. The topological polar surface area (TPSA) is 98.5 Å². The SMILES string of the molecule is N[C@@H]1CCCN(c2c(Br)cnc3[nH]cc(N4C=CC=C(C(=O)O)C4)c23)C1. The van der Waals surface area contributed by atoms with Gasteiger partial charge in [-0.05, 0) is 40.9 Å². The van der Waals surface area contributed by atoms with Gasteiger partial charge in [-0.2, -0.15) is 0 Å². The minimum Gasteiger partial charge on any atom is -0.478 e. The Morgan fingerprint density at radius 1 is 1.46 bits per heavy atom. The van der Waals surface area contributed by atoms with Gasteiger partial charge in [0.1, 0.15) is 5.65 Å². The molecular formula is C18H20BrN5O2. The van der Waals surface area contributed by atoms with Crippen molar-refractivity contribution in [2.45, 2.75) is 18.9 Å². The number of hydrogen-bond acceptors (Lipinski definition) is 5. The molecule has 0 radical (unpaired) electrons. The highest BCUT2D eigenvalue weighted by Gasteiger charge is 2.25. The molecule has 136 valence electrons. The Bertz CT molecular complexity index is 920. The van der Waals surface area contributed by atoms with Gasteiger partial charge < -0.3 is 25.6 Å². The van der Waals surface area contributed by atoms with Gasteiger partial charge in [-0.15, -0.1) is 0 Å². The predicted octanol–water partition coefficient (Wildman–Crippen LogP) is 2.60. The van der Waals surface area contributed by atoms with Crippen LogP contribution in [0.2, 0.25) is 0 Å². The summed E-state index contributed by atoms with van der Waals surface area (Å²) in [6.07, 6.45) is 11.0. The van der Waals surface area contributed by atoms with Crippen LogP contribution in [0.15, 0.2) is 40.8 Å². The molecule has 0 aromatic carbocycles. The highest BCUT2D eigenvalue weighted by Crippen LogP contribution is 2.40. The number of carbonyl (C=O) groups is 1. The summed E-state index contributed by atoms with van der Waals surface area (Å²) in [5, 5.41) is 10.3. The number of aromatic amines is 1. The first-order valence-electron chi connectivity index (χ1n) is 8.58. The first kappa shape index (κ1) is 17.1. The largest absolute Gasteiger partial charge is 0.478 e. The number of nitrogens with zero attached hydrogens (tertiary/aromatic N) is 3. The number of fused-ring (bicyclic) bond motifs is 1. The van der Waals surface area contributed by atoms with E-state index >= 15 is 0 Å². The van der Waals surface area contributed by atoms with Gasteiger partial charge in [0.05, 0.1) is 33.4 Å². The molecule has 7 nitrogen and oxygen atoms in total. The van der Waals surface area contributed by atoms with Gasteiger partial charge in [0.15, 0.2) is 0 Å². The second kappa shape index (κ2) is 6.77. The number of aliphatic carboxylic acids is 1. The Hall–Kier alpha value is -2.32. The molecule has 0 saturated carbocycles. The Balaban J connectivity index is 1.80. The molecule has 2 aromatic heterocycles. The summed E-state index contributed by atoms with van der Waals surface area (Å²) in [6.45, 7) is 2.04. The maximum absolute atomic E-state index is 11.4. The monoisotopic (exact) mass is 417 g/mol. The van der Waals surface area contributed by atoms with E-state index in [-0.39, 0.29) is 6.04 Å². The van der Waals surface area contributed by atoms with Crippen LogP contribution in [0.1, 0.15) is 12.8 Å². The third-order valence-corrected chi connectivity index (χ3v) is 5.45. The standard InChI is InChI=1S/C18H20BrN5O2/c19-13-7-21-17-15(16(13)24-6-2-4-12(20)10-24)14(8-22-17)23-5-1-3-11(9-23)18(25)26/h1,3,5,7-8,12H,2,4,6,9-10,20H2,(H,21,22)(H,25,26)/t12-/m1/s1. The van der Waals surface area contributed by atoms with Crippen LogP contribution in [-0.2, 0) is 4.79 Å². The molecule has 0 spiro atoms. The fraction of sp³-hybridized carbons (Fsp3) is 0.333. The Labute approximate surface area is 159 Å². The van der Waals surface area contributed by atoms with E-state index in [1.54, 1.807) is 18.3 Å². The van der Waals surface area contributed by atoms with E-state index in [9.17, 15) is 9.90 Å². The van der Waals surface area contributed by atoms with E-state index in [0.29, 0.717) is 12.1 Å². The van der Waals surface area contributed by atoms with Crippen LogP contribution >= 0.6 is 15.9 Å². The molecule has 4 N–H and O–H groups in total. The number of nitrogens with two attached hydrogens (primary N) is 1. The Morgan fingerprint density at radius 3 is 3.08 bits per heavy atom. The first-order valence-corrected chi connectivity index (χ1v) is 9.37. The van der Waals surface area contributed by atoms with Crippen molar-refractivity contribution in [2.75, 3.05) is 29.4 Å². The lowest BCUT2D eigenvalue weighted by Crippen LogP contribution is -2.43. The number of halogens is 1. The molecule has 2 aliphatic rings. The molecule has 1 fully saturated rings. The summed E-state index contributed by atoms with van der Waals surface area (Å²) in [5.41, 5.74) is 9.28. The fourth-order valence-corrected chi connectivity index (χ4v) is 4.20. The lowest BCUT2D eigenvalue weighted by atomic mass is 10.0. The summed E-state index contributed by atoms with van der Waals surface area (Å²) in [7, 11) is 0. The van der Waals surface area contributed by atoms with E-state index in [1.165, 1.54) is 0 Å². The number of pyridine rings is 1. The molecule has 1 atom stereocenters. The molecule has 2 aromatic rings. The Morgan fingerprint density at radius 2 is 2.31 bits per heavy atom. The molecule has 0 amide bonds. The molecule has 1 saturated heterocycles. The molecule has 26 heavy (non-hydrogen) atoms. The number of carboxylic acid groups (broad SMARTS) is 1. The number of hydrogen-bond donors (Lipinski definition) is 3. The maximum Gasteiger partial charge on any atom is 0.333 e. The first-order chi connectivity index (χ1) is 12.5. The van der Waals surface area contributed by atoms with Crippen LogP contribution in [-0.4, -0.2) is 46.7 Å². The van der Waals surface area contributed by atoms with Crippen LogP contribution in [0.5, 0.6) is 0 Å². The number of piperidine rings is 1. The number of rotatable bonds is 3. The quantitative estimate of drug-likeness (QED) is 0.709. The van der Waals surface area contributed by atoms with Crippen molar-refractivity contribution in [1.29, 1.82) is 0 Å². The number of anilines is 2. The molecular weight excluding hydrogens is 398 g/mol. The van der Waals surface area contributed by atoms with Gasteiger partial charge in [-0.25, -0.2) is 9.78 Å². The van der Waals surface area contributed by atoms with Crippen molar-refractivity contribution < 1.29 is 9.90 Å². The van der Waals surface area contributed by atoms with Gasteiger partial charge in [0.2, 0.25) is 0 Å². The average Bonchev–Trinajstić information content (AvgIpc) is 3.05. The molecule has 4 heterocycles. The minimum absolute atomic E-state index is 0.151. The summed E-state index contributed by atoms with van der Waals surface area (Å²) in [5.74, 6) is -0.902. The molecule has 0 aliphatic carbocycles. The van der Waals surface area contributed by atoms with Gasteiger partial charge in [0, 0.05) is 37.7 Å². The van der Waals surface area contributed by atoms with Crippen LogP contribution in [0.25, 0.3) is 11.0 Å². The minimum atomic E-state index is -0.902. The molecule has 0 bridgehead atoms. The summed E-state index contributed by atoms with van der Waals surface area (Å²) in [4.78, 5) is 23.3. The zero-order valence-electron chi connectivity index (χ0n) is 14.2. The second-order valence-corrected chi connectivity index (χ2v) is 7.52. The van der Waals surface area contributed by atoms with Crippen molar-refractivity contribution in [3.05, 3.63) is 40.8 Å². The lowest BCUT2D eigenvalue weighted by Gasteiger charge is -2.34. The number of allylic oxidation sites excluding steroid dienone is 2. The van der Waals surface area contributed by atoms with Crippen molar-refractivity contribution >= 4 is 44.3 Å². The molecule has 8 heteroatoms. The molecule has 4 rings (SSSR count). The zero-order chi connectivity index (χ0) is 18.3. The third kappa shape index (κ3) is 2.99. The third-order valence-electron chi connectivity index (χ3n) is 4.87. The van der Waals surface area contributed by atoms with E-state index in [0.717, 1.165) is 52.8 Å². The summed E-state index contributed by atoms with van der Waals surface area (Å²) in [6, 6.07) is 0.151. The van der Waals surface area contributed by atoms with Gasteiger partial charge >= 0.3 is 5.97 Å². The Kier molecular flexibility index (Phi) is 4.46. The van der Waals surface area contributed by atoms with Crippen molar-refractivity contribution in [3.8, 4) is 0 Å². The van der Waals surface area contributed by atoms with Crippen molar-refractivity contribution in [2.24, 2.45) is 5.73 Å². The zero-order valence-corrected chi connectivity index (χ0v) is 15.7. The fourth-order valence-electron chi connectivity index (χ4n) is 3.64. The smallest absolute Gasteiger partial charge is 0.333 e. The van der Waals surface area contributed by atoms with Crippen LogP contribution < -0.4 is 15.5 Å². The van der Waals surface area contributed by atoms with E-state index in [4.69, 9.17) is 5.73 Å².